The predicted molar refractivity (Wildman–Crippen MR) is 65.8 cm³/mol. The molecule has 0 aromatic carbocycles. The zero-order chi connectivity index (χ0) is 15.0. The Morgan fingerprint density at radius 3 is 2.70 bits per heavy atom. The highest BCUT2D eigenvalue weighted by atomic mass is 32.2. The maximum Gasteiger partial charge on any atom is 0.390 e. The van der Waals surface area contributed by atoms with Gasteiger partial charge >= 0.3 is 6.18 Å². The smallest absolute Gasteiger partial charge is 0.265 e. The molecule has 0 aliphatic rings. The molecule has 0 aliphatic heterocycles. The van der Waals surface area contributed by atoms with E-state index in [1.807, 2.05) is 4.72 Å². The standard InChI is InChI=1S/C10H11F3N4O2S/c1-7-2-3-8-9(14-6-15-17(7)8)16-20(18,19)5-4-10(11,12)13/h2-3,6H,4-5H2,1H3,(H,14,15,16). The van der Waals surface area contributed by atoms with Gasteiger partial charge in [-0.3, -0.25) is 4.72 Å². The van der Waals surface area contributed by atoms with E-state index in [4.69, 9.17) is 0 Å². The van der Waals surface area contributed by atoms with Crippen molar-refractivity contribution in [2.45, 2.75) is 19.5 Å². The molecule has 0 atom stereocenters. The first-order valence-electron chi connectivity index (χ1n) is 5.54. The summed E-state index contributed by atoms with van der Waals surface area (Å²) >= 11 is 0. The second kappa shape index (κ2) is 4.93. The fourth-order valence-electron chi connectivity index (χ4n) is 1.59. The van der Waals surface area contributed by atoms with Gasteiger partial charge in [0.2, 0.25) is 10.0 Å². The number of aromatic nitrogens is 3. The zero-order valence-corrected chi connectivity index (χ0v) is 11.2. The highest BCUT2D eigenvalue weighted by Gasteiger charge is 2.30. The maximum absolute atomic E-state index is 12.1. The van der Waals surface area contributed by atoms with E-state index in [2.05, 4.69) is 10.1 Å². The molecule has 0 aliphatic carbocycles. The Hall–Kier alpha value is -1.84. The third-order valence-corrected chi connectivity index (χ3v) is 3.79. The lowest BCUT2D eigenvalue weighted by atomic mass is 10.5. The number of anilines is 1. The number of halogens is 3. The minimum Gasteiger partial charge on any atom is -0.265 e. The molecular weight excluding hydrogens is 297 g/mol. The van der Waals surface area contributed by atoms with Crippen LogP contribution in [0.3, 0.4) is 0 Å². The lowest BCUT2D eigenvalue weighted by molar-refractivity contribution is -0.129. The summed E-state index contributed by atoms with van der Waals surface area (Å²) in [6.45, 7) is 1.75. The monoisotopic (exact) mass is 308 g/mol. The van der Waals surface area contributed by atoms with E-state index >= 15 is 0 Å². The Labute approximate surface area is 112 Å². The summed E-state index contributed by atoms with van der Waals surface area (Å²) in [6, 6.07) is 3.27. The van der Waals surface area contributed by atoms with Gasteiger partial charge in [-0.25, -0.2) is 17.9 Å². The van der Waals surface area contributed by atoms with Crippen LogP contribution in [-0.2, 0) is 10.0 Å². The Morgan fingerprint density at radius 2 is 2.05 bits per heavy atom. The van der Waals surface area contributed by atoms with Gasteiger partial charge in [0.05, 0.1) is 12.2 Å². The van der Waals surface area contributed by atoms with Gasteiger partial charge in [-0.2, -0.15) is 18.3 Å². The molecule has 1 N–H and O–H groups in total. The van der Waals surface area contributed by atoms with E-state index in [0.717, 1.165) is 12.0 Å². The zero-order valence-electron chi connectivity index (χ0n) is 10.3. The van der Waals surface area contributed by atoms with Crippen molar-refractivity contribution >= 4 is 21.4 Å². The lowest BCUT2D eigenvalue weighted by Gasteiger charge is -2.10. The van der Waals surface area contributed by atoms with Gasteiger partial charge in [0, 0.05) is 5.69 Å². The van der Waals surface area contributed by atoms with E-state index in [0.29, 0.717) is 5.52 Å². The van der Waals surface area contributed by atoms with Crippen LogP contribution in [0.5, 0.6) is 0 Å². The largest absolute Gasteiger partial charge is 0.390 e. The van der Waals surface area contributed by atoms with E-state index in [9.17, 15) is 21.6 Å². The molecule has 2 heterocycles. The number of rotatable bonds is 4. The average Bonchev–Trinajstić information content (AvgIpc) is 2.69. The van der Waals surface area contributed by atoms with E-state index in [1.54, 1.807) is 19.1 Å². The van der Waals surface area contributed by atoms with Crippen LogP contribution in [0.4, 0.5) is 19.0 Å². The Morgan fingerprint density at radius 1 is 1.35 bits per heavy atom. The summed E-state index contributed by atoms with van der Waals surface area (Å²) < 4.78 is 62.9. The molecule has 0 saturated carbocycles. The van der Waals surface area contributed by atoms with Crippen molar-refractivity contribution in [2.24, 2.45) is 0 Å². The number of nitrogens with one attached hydrogen (secondary N) is 1. The molecule has 2 rings (SSSR count). The van der Waals surface area contributed by atoms with Gasteiger partial charge in [-0.05, 0) is 19.1 Å². The summed E-state index contributed by atoms with van der Waals surface area (Å²) in [4.78, 5) is 3.75. The van der Waals surface area contributed by atoms with Crippen molar-refractivity contribution in [3.8, 4) is 0 Å². The molecule has 2 aromatic heterocycles. The number of nitrogens with zero attached hydrogens (tertiary/aromatic N) is 3. The Bertz CT molecular complexity index is 724. The first-order chi connectivity index (χ1) is 9.18. The maximum atomic E-state index is 12.1. The van der Waals surface area contributed by atoms with Crippen molar-refractivity contribution < 1.29 is 21.6 Å². The molecule has 0 spiro atoms. The number of hydrogen-bond donors (Lipinski definition) is 1. The molecule has 0 radical (unpaired) electrons. The topological polar surface area (TPSA) is 76.4 Å². The first kappa shape index (κ1) is 14.6. The van der Waals surface area contributed by atoms with E-state index in [-0.39, 0.29) is 5.82 Å². The quantitative estimate of drug-likeness (QED) is 0.933. The Balaban J connectivity index is 2.23. The van der Waals surface area contributed by atoms with Crippen LogP contribution < -0.4 is 4.72 Å². The molecule has 0 saturated heterocycles. The molecule has 0 amide bonds. The lowest BCUT2D eigenvalue weighted by Crippen LogP contribution is -2.22. The molecule has 110 valence electrons. The summed E-state index contributed by atoms with van der Waals surface area (Å²) in [7, 11) is -4.12. The third-order valence-electron chi connectivity index (χ3n) is 2.55. The van der Waals surface area contributed by atoms with Crippen molar-refractivity contribution in [1.82, 2.24) is 14.6 Å². The van der Waals surface area contributed by atoms with E-state index < -0.39 is 28.4 Å². The SMILES string of the molecule is Cc1ccc2c(NS(=O)(=O)CCC(F)(F)F)ncnn12. The van der Waals surface area contributed by atoms with Crippen LogP contribution in [-0.4, -0.2) is 34.9 Å². The van der Waals surface area contributed by atoms with Crippen LogP contribution in [0.1, 0.15) is 12.1 Å². The molecule has 10 heteroatoms. The van der Waals surface area contributed by atoms with Crippen molar-refractivity contribution in [1.29, 1.82) is 0 Å². The molecule has 0 bridgehead atoms. The normalized spacial score (nSPS) is 12.8. The van der Waals surface area contributed by atoms with E-state index in [1.165, 1.54) is 4.52 Å². The number of sulfonamides is 1. The van der Waals surface area contributed by atoms with Crippen LogP contribution in [0.2, 0.25) is 0 Å². The first-order valence-corrected chi connectivity index (χ1v) is 7.20. The number of hydrogen-bond acceptors (Lipinski definition) is 4. The Kier molecular flexibility index (Phi) is 3.59. The molecule has 6 nitrogen and oxygen atoms in total. The highest BCUT2D eigenvalue weighted by molar-refractivity contribution is 7.92. The van der Waals surface area contributed by atoms with Crippen LogP contribution in [0, 0.1) is 6.92 Å². The molecule has 20 heavy (non-hydrogen) atoms. The fourth-order valence-corrected chi connectivity index (χ4v) is 2.65. The fraction of sp³-hybridized carbons (Fsp3) is 0.400. The van der Waals surface area contributed by atoms with Crippen LogP contribution >= 0.6 is 0 Å². The predicted octanol–water partition coefficient (Wildman–Crippen LogP) is 1.73. The van der Waals surface area contributed by atoms with Gasteiger partial charge in [-0.1, -0.05) is 0 Å². The molecular formula is C10H11F3N4O2S. The van der Waals surface area contributed by atoms with Gasteiger partial charge in [0.25, 0.3) is 0 Å². The summed E-state index contributed by atoms with van der Waals surface area (Å²) in [5, 5.41) is 3.91. The molecule has 2 aromatic rings. The van der Waals surface area contributed by atoms with Crippen molar-refractivity contribution in [2.75, 3.05) is 10.5 Å². The van der Waals surface area contributed by atoms with Gasteiger partial charge in [0.15, 0.2) is 5.82 Å². The number of fused-ring (bicyclic) bond motifs is 1. The second-order valence-electron chi connectivity index (χ2n) is 4.17. The summed E-state index contributed by atoms with van der Waals surface area (Å²) in [5.74, 6) is -1.10. The van der Waals surface area contributed by atoms with Crippen LogP contribution in [0.15, 0.2) is 18.5 Å². The van der Waals surface area contributed by atoms with Gasteiger partial charge in [0.1, 0.15) is 11.8 Å². The average molecular weight is 308 g/mol. The number of aryl methyl sites for hydroxylation is 1. The molecule has 0 unspecified atom stereocenters. The minimum absolute atomic E-state index is 0.0460. The minimum atomic E-state index is -4.53. The second-order valence-corrected chi connectivity index (χ2v) is 6.01. The number of alkyl halides is 3. The van der Waals surface area contributed by atoms with Gasteiger partial charge in [-0.15, -0.1) is 0 Å². The van der Waals surface area contributed by atoms with Gasteiger partial charge < -0.3 is 0 Å². The highest BCUT2D eigenvalue weighted by Crippen LogP contribution is 2.22. The molecule has 0 fully saturated rings. The third kappa shape index (κ3) is 3.38. The summed E-state index contributed by atoms with van der Waals surface area (Å²) in [5.41, 5.74) is 1.12. The van der Waals surface area contributed by atoms with Crippen LogP contribution in [0.25, 0.3) is 5.52 Å². The van der Waals surface area contributed by atoms with Crippen molar-refractivity contribution in [3.05, 3.63) is 24.2 Å². The van der Waals surface area contributed by atoms with Crippen molar-refractivity contribution in [3.63, 3.8) is 0 Å². The summed E-state index contributed by atoms with van der Waals surface area (Å²) in [6.07, 6.45) is -4.81.